The van der Waals surface area contributed by atoms with E-state index in [1.165, 1.54) is 11.3 Å². The smallest absolute Gasteiger partial charge is 0.261 e. The standard InChI is InChI=1S/C8H10N2OS/c9-5-4-6(5)10-8(11)7-2-1-3-12-7/h1-3,5-6H,4,9H2,(H,10,11). The summed E-state index contributed by atoms with van der Waals surface area (Å²) in [7, 11) is 0. The molecule has 0 radical (unpaired) electrons. The third-order valence-electron chi connectivity index (χ3n) is 1.90. The first-order valence-electron chi connectivity index (χ1n) is 3.87. The second-order valence-electron chi connectivity index (χ2n) is 2.96. The Balaban J connectivity index is 1.93. The highest BCUT2D eigenvalue weighted by atomic mass is 32.1. The van der Waals surface area contributed by atoms with Gasteiger partial charge < -0.3 is 11.1 Å². The van der Waals surface area contributed by atoms with Crippen molar-refractivity contribution in [1.29, 1.82) is 0 Å². The van der Waals surface area contributed by atoms with Gasteiger partial charge in [-0.3, -0.25) is 4.79 Å². The van der Waals surface area contributed by atoms with Crippen molar-refractivity contribution in [2.45, 2.75) is 18.5 Å². The largest absolute Gasteiger partial charge is 0.347 e. The van der Waals surface area contributed by atoms with Crippen LogP contribution in [0.5, 0.6) is 0 Å². The van der Waals surface area contributed by atoms with Gasteiger partial charge in [-0.15, -0.1) is 11.3 Å². The Labute approximate surface area is 74.6 Å². The fourth-order valence-corrected chi connectivity index (χ4v) is 1.65. The van der Waals surface area contributed by atoms with Gasteiger partial charge in [0.05, 0.1) is 4.88 Å². The molecule has 0 aliphatic heterocycles. The molecule has 1 fully saturated rings. The number of amides is 1. The van der Waals surface area contributed by atoms with Crippen LogP contribution in [0.1, 0.15) is 16.1 Å². The summed E-state index contributed by atoms with van der Waals surface area (Å²) in [5, 5.41) is 4.74. The van der Waals surface area contributed by atoms with Gasteiger partial charge in [0.15, 0.2) is 0 Å². The lowest BCUT2D eigenvalue weighted by Gasteiger charge is -1.99. The minimum absolute atomic E-state index is 0.00273. The van der Waals surface area contributed by atoms with Crippen LogP contribution in [-0.4, -0.2) is 18.0 Å². The number of hydrogen-bond donors (Lipinski definition) is 2. The van der Waals surface area contributed by atoms with E-state index in [9.17, 15) is 4.79 Å². The normalized spacial score (nSPS) is 26.8. The fourth-order valence-electron chi connectivity index (χ4n) is 1.03. The third-order valence-corrected chi connectivity index (χ3v) is 2.77. The second-order valence-corrected chi connectivity index (χ2v) is 3.90. The second kappa shape index (κ2) is 2.88. The van der Waals surface area contributed by atoms with E-state index < -0.39 is 0 Å². The number of hydrogen-bond acceptors (Lipinski definition) is 3. The third kappa shape index (κ3) is 1.49. The van der Waals surface area contributed by atoms with Gasteiger partial charge in [-0.05, 0) is 17.9 Å². The molecule has 1 heterocycles. The van der Waals surface area contributed by atoms with Crippen LogP contribution in [0.4, 0.5) is 0 Å². The molecule has 0 bridgehead atoms. The monoisotopic (exact) mass is 182 g/mol. The van der Waals surface area contributed by atoms with Crippen molar-refractivity contribution in [3.05, 3.63) is 22.4 Å². The van der Waals surface area contributed by atoms with E-state index in [4.69, 9.17) is 5.73 Å². The molecule has 1 aliphatic rings. The Kier molecular flexibility index (Phi) is 1.86. The number of nitrogens with two attached hydrogens (primary N) is 1. The molecule has 64 valence electrons. The molecule has 3 N–H and O–H groups in total. The molecule has 3 nitrogen and oxygen atoms in total. The van der Waals surface area contributed by atoms with E-state index in [1.54, 1.807) is 0 Å². The van der Waals surface area contributed by atoms with E-state index in [1.807, 2.05) is 17.5 Å². The van der Waals surface area contributed by atoms with E-state index >= 15 is 0 Å². The van der Waals surface area contributed by atoms with E-state index in [0.717, 1.165) is 11.3 Å². The average Bonchev–Trinajstić information content (AvgIpc) is 2.58. The molecule has 1 saturated carbocycles. The number of carbonyl (C=O) groups excluding carboxylic acids is 1. The molecule has 2 unspecified atom stereocenters. The lowest BCUT2D eigenvalue weighted by molar-refractivity contribution is 0.0954. The molecule has 0 spiro atoms. The highest BCUT2D eigenvalue weighted by Crippen LogP contribution is 2.19. The van der Waals surface area contributed by atoms with Crippen LogP contribution in [0.15, 0.2) is 17.5 Å². The number of nitrogens with one attached hydrogen (secondary N) is 1. The van der Waals surface area contributed by atoms with Crippen molar-refractivity contribution in [3.63, 3.8) is 0 Å². The molecule has 2 atom stereocenters. The number of thiophene rings is 1. The molecular formula is C8H10N2OS. The average molecular weight is 182 g/mol. The summed E-state index contributed by atoms with van der Waals surface area (Å²) in [5.74, 6) is 0.00273. The Morgan fingerprint density at radius 3 is 3.00 bits per heavy atom. The molecule has 12 heavy (non-hydrogen) atoms. The predicted octanol–water partition coefficient (Wildman–Crippen LogP) is 0.578. The zero-order chi connectivity index (χ0) is 8.55. The zero-order valence-corrected chi connectivity index (χ0v) is 7.30. The fraction of sp³-hybridized carbons (Fsp3) is 0.375. The maximum atomic E-state index is 11.3. The van der Waals surface area contributed by atoms with Crippen LogP contribution in [-0.2, 0) is 0 Å². The SMILES string of the molecule is NC1CC1NC(=O)c1cccs1. The molecule has 1 aromatic rings. The van der Waals surface area contributed by atoms with Gasteiger partial charge in [-0.25, -0.2) is 0 Å². The maximum Gasteiger partial charge on any atom is 0.261 e. The van der Waals surface area contributed by atoms with Gasteiger partial charge in [-0.1, -0.05) is 6.07 Å². The summed E-state index contributed by atoms with van der Waals surface area (Å²) in [6, 6.07) is 4.06. The van der Waals surface area contributed by atoms with E-state index in [0.29, 0.717) is 0 Å². The van der Waals surface area contributed by atoms with Crippen molar-refractivity contribution in [3.8, 4) is 0 Å². The highest BCUT2D eigenvalue weighted by Gasteiger charge is 2.34. The Bertz CT molecular complexity index is 283. The summed E-state index contributed by atoms with van der Waals surface area (Å²) in [6.07, 6.45) is 0.914. The lowest BCUT2D eigenvalue weighted by Crippen LogP contribution is -2.28. The van der Waals surface area contributed by atoms with Gasteiger partial charge >= 0.3 is 0 Å². The van der Waals surface area contributed by atoms with Crippen LogP contribution < -0.4 is 11.1 Å². The molecule has 0 saturated heterocycles. The predicted molar refractivity (Wildman–Crippen MR) is 48.2 cm³/mol. The Morgan fingerprint density at radius 2 is 2.50 bits per heavy atom. The van der Waals surface area contributed by atoms with Crippen molar-refractivity contribution in [2.75, 3.05) is 0 Å². The first kappa shape index (κ1) is 7.76. The topological polar surface area (TPSA) is 55.1 Å². The summed E-state index contributed by atoms with van der Waals surface area (Å²) in [4.78, 5) is 12.1. The molecule has 1 aromatic heterocycles. The van der Waals surface area contributed by atoms with Gasteiger partial charge in [0, 0.05) is 12.1 Å². The molecule has 1 amide bonds. The zero-order valence-electron chi connectivity index (χ0n) is 6.49. The van der Waals surface area contributed by atoms with Crippen molar-refractivity contribution < 1.29 is 4.79 Å². The van der Waals surface area contributed by atoms with Crippen molar-refractivity contribution in [1.82, 2.24) is 5.32 Å². The highest BCUT2D eigenvalue weighted by molar-refractivity contribution is 7.12. The van der Waals surface area contributed by atoms with Crippen LogP contribution in [0.25, 0.3) is 0 Å². The molecule has 4 heteroatoms. The summed E-state index contributed by atoms with van der Waals surface area (Å²) < 4.78 is 0. The van der Waals surface area contributed by atoms with E-state index in [-0.39, 0.29) is 18.0 Å². The van der Waals surface area contributed by atoms with E-state index in [2.05, 4.69) is 5.32 Å². The first-order valence-corrected chi connectivity index (χ1v) is 4.75. The van der Waals surface area contributed by atoms with Gasteiger partial charge in [0.2, 0.25) is 0 Å². The molecule has 0 aromatic carbocycles. The van der Waals surface area contributed by atoms with Gasteiger partial charge in [0.1, 0.15) is 0 Å². The van der Waals surface area contributed by atoms with Gasteiger partial charge in [0.25, 0.3) is 5.91 Å². The first-order chi connectivity index (χ1) is 5.77. The summed E-state index contributed by atoms with van der Waals surface area (Å²) in [5.41, 5.74) is 5.56. The molecule has 2 rings (SSSR count). The number of rotatable bonds is 2. The summed E-state index contributed by atoms with van der Waals surface area (Å²) in [6.45, 7) is 0. The van der Waals surface area contributed by atoms with Crippen LogP contribution >= 0.6 is 11.3 Å². The van der Waals surface area contributed by atoms with Crippen molar-refractivity contribution in [2.24, 2.45) is 5.73 Å². The van der Waals surface area contributed by atoms with Crippen LogP contribution in [0.3, 0.4) is 0 Å². The van der Waals surface area contributed by atoms with Gasteiger partial charge in [-0.2, -0.15) is 0 Å². The molecular weight excluding hydrogens is 172 g/mol. The van der Waals surface area contributed by atoms with Crippen LogP contribution in [0.2, 0.25) is 0 Å². The quantitative estimate of drug-likeness (QED) is 0.703. The van der Waals surface area contributed by atoms with Crippen LogP contribution in [0, 0.1) is 0 Å². The lowest BCUT2D eigenvalue weighted by atomic mass is 10.4. The Hall–Kier alpha value is -0.870. The minimum atomic E-state index is 0.00273. The number of carbonyl (C=O) groups is 1. The minimum Gasteiger partial charge on any atom is -0.347 e. The van der Waals surface area contributed by atoms with Crippen molar-refractivity contribution >= 4 is 17.2 Å². The molecule has 1 aliphatic carbocycles. The summed E-state index contributed by atoms with van der Waals surface area (Å²) >= 11 is 1.45. The Morgan fingerprint density at radius 1 is 1.75 bits per heavy atom. The maximum absolute atomic E-state index is 11.3.